The molecule has 2 rings (SSSR count). The van der Waals surface area contributed by atoms with E-state index in [1.165, 1.54) is 23.1 Å². The van der Waals surface area contributed by atoms with Crippen molar-refractivity contribution in [2.24, 2.45) is 5.84 Å². The summed E-state index contributed by atoms with van der Waals surface area (Å²) >= 11 is 3.51. The van der Waals surface area contributed by atoms with Gasteiger partial charge in [-0.25, -0.2) is 0 Å². The van der Waals surface area contributed by atoms with Gasteiger partial charge in [0.05, 0.1) is 0 Å². The van der Waals surface area contributed by atoms with Crippen LogP contribution in [0, 0.1) is 0 Å². The van der Waals surface area contributed by atoms with Crippen LogP contribution in [0.4, 0.5) is 0 Å². The van der Waals surface area contributed by atoms with E-state index in [4.69, 9.17) is 5.84 Å². The van der Waals surface area contributed by atoms with Crippen molar-refractivity contribution >= 4 is 15.9 Å². The van der Waals surface area contributed by atoms with Crippen LogP contribution in [0.25, 0.3) is 0 Å². The van der Waals surface area contributed by atoms with Crippen LogP contribution in [0.1, 0.15) is 36.1 Å². The van der Waals surface area contributed by atoms with E-state index < -0.39 is 0 Å². The second-order valence-electron chi connectivity index (χ2n) is 5.04. The van der Waals surface area contributed by atoms with Gasteiger partial charge in [0.1, 0.15) is 0 Å². The molecule has 0 saturated heterocycles. The van der Waals surface area contributed by atoms with Gasteiger partial charge in [0.25, 0.3) is 0 Å². The van der Waals surface area contributed by atoms with Crippen LogP contribution in [0.5, 0.6) is 0 Å². The molecule has 0 amide bonds. The molecule has 1 unspecified atom stereocenters. The number of benzene rings is 2. The number of nitrogens with one attached hydrogen (secondary N) is 1. The minimum Gasteiger partial charge on any atom is -0.271 e. The van der Waals surface area contributed by atoms with Crippen molar-refractivity contribution < 1.29 is 0 Å². The summed E-state index contributed by atoms with van der Waals surface area (Å²) in [5.74, 6) is 5.73. The SMILES string of the molecule is CCCc1ccc(C(Cc2cccc(Br)c2)NN)cc1. The van der Waals surface area contributed by atoms with Crippen molar-refractivity contribution in [2.45, 2.75) is 32.2 Å². The third-order valence-electron chi connectivity index (χ3n) is 3.45. The Labute approximate surface area is 129 Å². The standard InChI is InChI=1S/C17H21BrN2/c1-2-4-13-7-9-15(10-8-13)17(20-19)12-14-5-3-6-16(18)11-14/h3,5-11,17,20H,2,4,12,19H2,1H3. The number of rotatable bonds is 6. The van der Waals surface area contributed by atoms with Gasteiger partial charge in [-0.1, -0.05) is 65.7 Å². The molecule has 20 heavy (non-hydrogen) atoms. The van der Waals surface area contributed by atoms with Gasteiger partial charge in [0.2, 0.25) is 0 Å². The predicted octanol–water partition coefficient (Wildman–Crippen LogP) is 4.15. The molecule has 2 nitrogen and oxygen atoms in total. The third-order valence-corrected chi connectivity index (χ3v) is 3.94. The van der Waals surface area contributed by atoms with Crippen LogP contribution >= 0.6 is 15.9 Å². The first-order valence-electron chi connectivity index (χ1n) is 7.02. The highest BCUT2D eigenvalue weighted by Gasteiger charge is 2.10. The highest BCUT2D eigenvalue weighted by molar-refractivity contribution is 9.10. The molecule has 0 aliphatic carbocycles. The number of nitrogens with two attached hydrogens (primary N) is 1. The fraction of sp³-hybridized carbons (Fsp3) is 0.294. The van der Waals surface area contributed by atoms with Gasteiger partial charge in [-0.2, -0.15) is 0 Å². The zero-order valence-electron chi connectivity index (χ0n) is 11.8. The van der Waals surface area contributed by atoms with E-state index >= 15 is 0 Å². The van der Waals surface area contributed by atoms with Crippen molar-refractivity contribution in [2.75, 3.05) is 0 Å². The zero-order chi connectivity index (χ0) is 14.4. The second-order valence-corrected chi connectivity index (χ2v) is 5.96. The number of hydrogen-bond acceptors (Lipinski definition) is 2. The van der Waals surface area contributed by atoms with E-state index in [2.05, 4.69) is 70.7 Å². The number of halogens is 1. The second kappa shape index (κ2) is 7.58. The average Bonchev–Trinajstić information content (AvgIpc) is 2.46. The first-order chi connectivity index (χ1) is 9.72. The lowest BCUT2D eigenvalue weighted by Gasteiger charge is -2.17. The summed E-state index contributed by atoms with van der Waals surface area (Å²) in [6.45, 7) is 2.20. The Morgan fingerprint density at radius 2 is 1.85 bits per heavy atom. The summed E-state index contributed by atoms with van der Waals surface area (Å²) in [6.07, 6.45) is 3.19. The van der Waals surface area contributed by atoms with Crippen LogP contribution in [0.2, 0.25) is 0 Å². The Morgan fingerprint density at radius 1 is 1.10 bits per heavy atom. The van der Waals surface area contributed by atoms with Crippen molar-refractivity contribution in [3.8, 4) is 0 Å². The van der Waals surface area contributed by atoms with E-state index in [0.29, 0.717) is 0 Å². The third kappa shape index (κ3) is 4.17. The fourth-order valence-corrected chi connectivity index (χ4v) is 2.82. The summed E-state index contributed by atoms with van der Waals surface area (Å²) < 4.78 is 1.10. The molecule has 0 aromatic heterocycles. The maximum atomic E-state index is 5.73. The zero-order valence-corrected chi connectivity index (χ0v) is 13.4. The molecular weight excluding hydrogens is 312 g/mol. The van der Waals surface area contributed by atoms with Crippen LogP contribution in [0.15, 0.2) is 53.0 Å². The molecule has 0 heterocycles. The molecule has 3 heteroatoms. The van der Waals surface area contributed by atoms with E-state index in [9.17, 15) is 0 Å². The first kappa shape index (κ1) is 15.2. The van der Waals surface area contributed by atoms with Gasteiger partial charge < -0.3 is 0 Å². The lowest BCUT2D eigenvalue weighted by Crippen LogP contribution is -2.29. The van der Waals surface area contributed by atoms with Gasteiger partial charge >= 0.3 is 0 Å². The minimum atomic E-state index is 0.139. The Morgan fingerprint density at radius 3 is 2.45 bits per heavy atom. The Hall–Kier alpha value is -1.16. The highest BCUT2D eigenvalue weighted by atomic mass is 79.9. The lowest BCUT2D eigenvalue weighted by atomic mass is 9.98. The molecule has 1 atom stereocenters. The Kier molecular flexibility index (Phi) is 5.77. The quantitative estimate of drug-likeness (QED) is 0.616. The van der Waals surface area contributed by atoms with Crippen LogP contribution in [-0.4, -0.2) is 0 Å². The molecule has 0 saturated carbocycles. The average molecular weight is 333 g/mol. The number of hydrazine groups is 1. The van der Waals surface area contributed by atoms with Gasteiger partial charge in [-0.15, -0.1) is 0 Å². The van der Waals surface area contributed by atoms with Crippen LogP contribution in [0.3, 0.4) is 0 Å². The molecule has 0 spiro atoms. The largest absolute Gasteiger partial charge is 0.271 e. The summed E-state index contributed by atoms with van der Waals surface area (Å²) in [6, 6.07) is 17.2. The van der Waals surface area contributed by atoms with Crippen molar-refractivity contribution in [3.63, 3.8) is 0 Å². The summed E-state index contributed by atoms with van der Waals surface area (Å²) in [4.78, 5) is 0. The lowest BCUT2D eigenvalue weighted by molar-refractivity contribution is 0.551. The summed E-state index contributed by atoms with van der Waals surface area (Å²) in [5.41, 5.74) is 6.80. The molecule has 2 aromatic carbocycles. The monoisotopic (exact) mass is 332 g/mol. The Bertz CT molecular complexity index is 537. The van der Waals surface area contributed by atoms with Crippen LogP contribution in [-0.2, 0) is 12.8 Å². The fourth-order valence-electron chi connectivity index (χ4n) is 2.38. The normalized spacial score (nSPS) is 12.3. The van der Waals surface area contributed by atoms with E-state index in [-0.39, 0.29) is 6.04 Å². The number of aryl methyl sites for hydroxylation is 1. The maximum absolute atomic E-state index is 5.73. The summed E-state index contributed by atoms with van der Waals surface area (Å²) in [5, 5.41) is 0. The highest BCUT2D eigenvalue weighted by Crippen LogP contribution is 2.21. The molecule has 0 aliphatic rings. The smallest absolute Gasteiger partial charge is 0.0500 e. The topological polar surface area (TPSA) is 38.0 Å². The first-order valence-corrected chi connectivity index (χ1v) is 7.81. The summed E-state index contributed by atoms with van der Waals surface area (Å²) in [7, 11) is 0. The van der Waals surface area contributed by atoms with Crippen LogP contribution < -0.4 is 11.3 Å². The predicted molar refractivity (Wildman–Crippen MR) is 88.3 cm³/mol. The van der Waals surface area contributed by atoms with Crippen molar-refractivity contribution in [1.29, 1.82) is 0 Å². The van der Waals surface area contributed by atoms with E-state index in [1.54, 1.807) is 0 Å². The maximum Gasteiger partial charge on any atom is 0.0500 e. The number of hydrogen-bond donors (Lipinski definition) is 2. The molecule has 0 fully saturated rings. The van der Waals surface area contributed by atoms with Crippen molar-refractivity contribution in [1.82, 2.24) is 5.43 Å². The van der Waals surface area contributed by atoms with Gasteiger partial charge in [-0.3, -0.25) is 11.3 Å². The van der Waals surface area contributed by atoms with Gasteiger partial charge in [0.15, 0.2) is 0 Å². The molecular formula is C17H21BrN2. The van der Waals surface area contributed by atoms with Crippen molar-refractivity contribution in [3.05, 3.63) is 69.7 Å². The minimum absolute atomic E-state index is 0.139. The molecule has 106 valence electrons. The molecule has 2 aromatic rings. The van der Waals surface area contributed by atoms with Gasteiger partial charge in [-0.05, 0) is 41.7 Å². The van der Waals surface area contributed by atoms with Gasteiger partial charge in [0, 0.05) is 10.5 Å². The molecule has 0 aliphatic heterocycles. The molecule has 0 radical (unpaired) electrons. The Balaban J connectivity index is 2.11. The van der Waals surface area contributed by atoms with E-state index in [0.717, 1.165) is 17.3 Å². The van der Waals surface area contributed by atoms with E-state index in [1.807, 2.05) is 6.07 Å². The molecule has 0 bridgehead atoms. The molecule has 3 N–H and O–H groups in total.